The molecule has 19 heavy (non-hydrogen) atoms. The van der Waals surface area contributed by atoms with Crippen molar-refractivity contribution in [1.29, 1.82) is 0 Å². The molecule has 110 valence electrons. The van der Waals surface area contributed by atoms with Crippen LogP contribution >= 0.6 is 0 Å². The van der Waals surface area contributed by atoms with Crippen LogP contribution in [0.4, 0.5) is 0 Å². The largest absolute Gasteiger partial charge is 0.322 e. The van der Waals surface area contributed by atoms with Crippen LogP contribution in [0.1, 0.15) is 53.4 Å². The molecule has 0 aromatic carbocycles. The van der Waals surface area contributed by atoms with Gasteiger partial charge in [-0.3, -0.25) is 10.1 Å². The number of nitrogens with one attached hydrogen (secondary N) is 1. The Morgan fingerprint density at radius 3 is 2.63 bits per heavy atom. The predicted molar refractivity (Wildman–Crippen MR) is 77.9 cm³/mol. The number of nitrogens with zero attached hydrogens (tertiary/aromatic N) is 2. The van der Waals surface area contributed by atoms with Crippen molar-refractivity contribution < 1.29 is 4.79 Å². The van der Waals surface area contributed by atoms with Gasteiger partial charge < -0.3 is 9.80 Å². The average Bonchev–Trinajstić information content (AvgIpc) is 2.66. The van der Waals surface area contributed by atoms with Gasteiger partial charge in [-0.15, -0.1) is 0 Å². The van der Waals surface area contributed by atoms with E-state index < -0.39 is 0 Å². The Balaban J connectivity index is 2.16. The van der Waals surface area contributed by atoms with E-state index in [9.17, 15) is 4.79 Å². The minimum atomic E-state index is -0.354. The highest BCUT2D eigenvalue weighted by Gasteiger charge is 2.49. The molecule has 0 aromatic rings. The molecule has 2 heterocycles. The van der Waals surface area contributed by atoms with Crippen LogP contribution < -0.4 is 5.32 Å². The Bertz CT molecular complexity index is 346. The monoisotopic (exact) mass is 267 g/mol. The maximum absolute atomic E-state index is 12.8. The summed E-state index contributed by atoms with van der Waals surface area (Å²) in [5.74, 6) is 0.309. The summed E-state index contributed by atoms with van der Waals surface area (Å²) in [7, 11) is 2.18. The third kappa shape index (κ3) is 2.52. The highest BCUT2D eigenvalue weighted by atomic mass is 16.2. The van der Waals surface area contributed by atoms with E-state index in [1.165, 1.54) is 0 Å². The molecule has 2 aliphatic rings. The first kappa shape index (κ1) is 14.8. The molecule has 4 heteroatoms. The summed E-state index contributed by atoms with van der Waals surface area (Å²) in [5, 5.41) is 3.55. The Hall–Kier alpha value is -0.610. The zero-order valence-electron chi connectivity index (χ0n) is 13.1. The molecule has 0 saturated carbocycles. The van der Waals surface area contributed by atoms with E-state index in [0.717, 1.165) is 32.2 Å². The first-order valence-electron chi connectivity index (χ1n) is 7.73. The maximum atomic E-state index is 12.8. The maximum Gasteiger partial charge on any atom is 0.244 e. The molecular formula is C15H29N3O. The van der Waals surface area contributed by atoms with Crippen molar-refractivity contribution in [1.82, 2.24) is 15.1 Å². The number of carbonyl (C=O) groups excluding carboxylic acids is 1. The zero-order valence-corrected chi connectivity index (χ0v) is 13.1. The van der Waals surface area contributed by atoms with E-state index in [1.807, 2.05) is 0 Å². The van der Waals surface area contributed by atoms with Crippen molar-refractivity contribution in [2.75, 3.05) is 13.6 Å². The second kappa shape index (κ2) is 5.41. The van der Waals surface area contributed by atoms with E-state index in [4.69, 9.17) is 0 Å². The van der Waals surface area contributed by atoms with Crippen LogP contribution in [0.3, 0.4) is 0 Å². The quantitative estimate of drug-likeness (QED) is 0.847. The molecular weight excluding hydrogens is 238 g/mol. The number of hydrogen-bond acceptors (Lipinski definition) is 3. The minimum absolute atomic E-state index is 0.220. The molecule has 0 bridgehead atoms. The Kier molecular flexibility index (Phi) is 4.21. The van der Waals surface area contributed by atoms with Gasteiger partial charge in [-0.2, -0.15) is 0 Å². The van der Waals surface area contributed by atoms with Crippen LogP contribution in [-0.2, 0) is 4.79 Å². The molecule has 0 aromatic heterocycles. The van der Waals surface area contributed by atoms with Crippen molar-refractivity contribution in [3.8, 4) is 0 Å². The number of amides is 1. The summed E-state index contributed by atoms with van der Waals surface area (Å²) < 4.78 is 0. The van der Waals surface area contributed by atoms with Gasteiger partial charge in [0.25, 0.3) is 0 Å². The Morgan fingerprint density at radius 1 is 1.42 bits per heavy atom. The van der Waals surface area contributed by atoms with Crippen LogP contribution in [-0.4, -0.2) is 53.1 Å². The fourth-order valence-electron chi connectivity index (χ4n) is 3.42. The number of piperidine rings is 1. The number of carbonyl (C=O) groups is 1. The van der Waals surface area contributed by atoms with E-state index in [-0.39, 0.29) is 11.7 Å². The van der Waals surface area contributed by atoms with Gasteiger partial charge >= 0.3 is 0 Å². The van der Waals surface area contributed by atoms with Gasteiger partial charge in [0.1, 0.15) is 0 Å². The summed E-state index contributed by atoms with van der Waals surface area (Å²) in [4.78, 5) is 17.3. The number of likely N-dealkylation sites (tertiary alicyclic amines) is 1. The average molecular weight is 267 g/mol. The van der Waals surface area contributed by atoms with Crippen molar-refractivity contribution in [2.24, 2.45) is 0 Å². The minimum Gasteiger partial charge on any atom is -0.322 e. The summed E-state index contributed by atoms with van der Waals surface area (Å²) in [6.45, 7) is 9.67. The number of rotatable bonds is 3. The molecule has 2 fully saturated rings. The summed E-state index contributed by atoms with van der Waals surface area (Å²) in [5.41, 5.74) is -0.354. The molecule has 4 unspecified atom stereocenters. The predicted octanol–water partition coefficient (Wildman–Crippen LogP) is 1.81. The topological polar surface area (TPSA) is 35.6 Å². The van der Waals surface area contributed by atoms with Crippen LogP contribution in [0.25, 0.3) is 0 Å². The van der Waals surface area contributed by atoms with Gasteiger partial charge in [0.05, 0.1) is 11.7 Å². The lowest BCUT2D eigenvalue weighted by atomic mass is 9.94. The first-order valence-corrected chi connectivity index (χ1v) is 7.73. The molecule has 4 nitrogen and oxygen atoms in total. The molecule has 2 aliphatic heterocycles. The van der Waals surface area contributed by atoms with Crippen molar-refractivity contribution in [3.63, 3.8) is 0 Å². The molecule has 0 radical (unpaired) electrons. The van der Waals surface area contributed by atoms with Gasteiger partial charge in [0, 0.05) is 18.6 Å². The fraction of sp³-hybridized carbons (Fsp3) is 0.933. The van der Waals surface area contributed by atoms with Crippen molar-refractivity contribution in [3.05, 3.63) is 0 Å². The molecule has 2 rings (SSSR count). The van der Waals surface area contributed by atoms with Gasteiger partial charge in [-0.05, 0) is 46.6 Å². The van der Waals surface area contributed by atoms with Gasteiger partial charge in [0.2, 0.25) is 5.91 Å². The Labute approximate surface area is 117 Å². The first-order chi connectivity index (χ1) is 8.92. The summed E-state index contributed by atoms with van der Waals surface area (Å²) >= 11 is 0. The molecule has 2 saturated heterocycles. The molecule has 1 amide bonds. The van der Waals surface area contributed by atoms with E-state index in [0.29, 0.717) is 18.0 Å². The van der Waals surface area contributed by atoms with Gasteiger partial charge in [0.15, 0.2) is 0 Å². The summed E-state index contributed by atoms with van der Waals surface area (Å²) in [6, 6.07) is 0.974. The van der Waals surface area contributed by atoms with Gasteiger partial charge in [-0.25, -0.2) is 0 Å². The van der Waals surface area contributed by atoms with E-state index in [1.54, 1.807) is 0 Å². The van der Waals surface area contributed by atoms with E-state index >= 15 is 0 Å². The van der Waals surface area contributed by atoms with Crippen LogP contribution in [0.5, 0.6) is 0 Å². The standard InChI is InChI=1S/C15H29N3O/c1-6-13-16-15(4,7-2)14(19)18(13)12-8-9-17(5)11(3)10-12/h11-13,16H,6-10H2,1-5H3. The summed E-state index contributed by atoms with van der Waals surface area (Å²) in [6.07, 6.45) is 4.27. The van der Waals surface area contributed by atoms with Crippen LogP contribution in [0.15, 0.2) is 0 Å². The van der Waals surface area contributed by atoms with Crippen molar-refractivity contribution in [2.45, 2.75) is 77.2 Å². The second-order valence-corrected chi connectivity index (χ2v) is 6.47. The SMILES string of the molecule is CCC1NC(C)(CC)C(=O)N1C1CCN(C)C(C)C1. The van der Waals surface area contributed by atoms with Crippen LogP contribution in [0, 0.1) is 0 Å². The molecule has 4 atom stereocenters. The smallest absolute Gasteiger partial charge is 0.244 e. The van der Waals surface area contributed by atoms with Crippen LogP contribution in [0.2, 0.25) is 0 Å². The zero-order chi connectivity index (χ0) is 14.2. The lowest BCUT2D eigenvalue weighted by Crippen LogP contribution is -2.52. The third-order valence-corrected chi connectivity index (χ3v) is 5.20. The van der Waals surface area contributed by atoms with Crippen molar-refractivity contribution >= 4 is 5.91 Å². The fourth-order valence-corrected chi connectivity index (χ4v) is 3.42. The highest BCUT2D eigenvalue weighted by Crippen LogP contribution is 2.31. The Morgan fingerprint density at radius 2 is 2.11 bits per heavy atom. The second-order valence-electron chi connectivity index (χ2n) is 6.47. The van der Waals surface area contributed by atoms with Gasteiger partial charge in [-0.1, -0.05) is 13.8 Å². The molecule has 0 spiro atoms. The third-order valence-electron chi connectivity index (χ3n) is 5.20. The lowest BCUT2D eigenvalue weighted by Gasteiger charge is -2.41. The van der Waals surface area contributed by atoms with E-state index in [2.05, 4.69) is 49.9 Å². The molecule has 1 N–H and O–H groups in total. The normalized spacial score (nSPS) is 41.0. The number of hydrogen-bond donors (Lipinski definition) is 1. The lowest BCUT2D eigenvalue weighted by molar-refractivity contribution is -0.136. The molecule has 0 aliphatic carbocycles. The highest BCUT2D eigenvalue weighted by molar-refractivity contribution is 5.88.